The molecule has 0 spiro atoms. The Morgan fingerprint density at radius 1 is 1.36 bits per heavy atom. The van der Waals surface area contributed by atoms with Gasteiger partial charge in [-0.2, -0.15) is 0 Å². The molecule has 1 aliphatic heterocycles. The molecular weight excluding hydrogens is 282 g/mol. The van der Waals surface area contributed by atoms with Crippen LogP contribution in [0.2, 0.25) is 0 Å². The van der Waals surface area contributed by atoms with E-state index in [9.17, 15) is 14.4 Å². The van der Waals surface area contributed by atoms with Crippen molar-refractivity contribution in [1.82, 2.24) is 14.9 Å². The SMILES string of the molecule is C=C/C=c1/nc(C)n(C2CCC(=O)NC2=O)c(=O)c1=C(C)C. The summed E-state index contributed by atoms with van der Waals surface area (Å²) in [6, 6.07) is -0.700. The minimum absolute atomic E-state index is 0.215. The molecule has 116 valence electrons. The first-order valence-electron chi connectivity index (χ1n) is 7.10. The van der Waals surface area contributed by atoms with Crippen molar-refractivity contribution in [3.05, 3.63) is 39.4 Å². The molecule has 2 rings (SSSR count). The molecule has 0 bridgehead atoms. The van der Waals surface area contributed by atoms with Crippen molar-refractivity contribution >= 4 is 23.5 Å². The summed E-state index contributed by atoms with van der Waals surface area (Å²) in [5, 5.41) is 3.29. The van der Waals surface area contributed by atoms with Crippen molar-refractivity contribution in [3.8, 4) is 0 Å². The minimum atomic E-state index is -0.700. The van der Waals surface area contributed by atoms with Crippen LogP contribution in [0.25, 0.3) is 11.6 Å². The molecule has 22 heavy (non-hydrogen) atoms. The van der Waals surface area contributed by atoms with Crippen LogP contribution in [0, 0.1) is 6.92 Å². The molecule has 1 aromatic rings. The fraction of sp³-hybridized carbons (Fsp3) is 0.375. The zero-order valence-corrected chi connectivity index (χ0v) is 13.0. The predicted molar refractivity (Wildman–Crippen MR) is 83.3 cm³/mol. The molecule has 6 nitrogen and oxygen atoms in total. The summed E-state index contributed by atoms with van der Waals surface area (Å²) in [7, 11) is 0. The van der Waals surface area contributed by atoms with Crippen molar-refractivity contribution in [2.45, 2.75) is 39.7 Å². The van der Waals surface area contributed by atoms with Gasteiger partial charge in [0.05, 0.1) is 10.6 Å². The molecule has 0 radical (unpaired) electrons. The summed E-state index contributed by atoms with van der Waals surface area (Å²) >= 11 is 0. The first-order chi connectivity index (χ1) is 10.4. The first kappa shape index (κ1) is 15.9. The number of amides is 2. The van der Waals surface area contributed by atoms with E-state index in [1.807, 2.05) is 13.8 Å². The monoisotopic (exact) mass is 301 g/mol. The molecule has 0 aromatic carbocycles. The van der Waals surface area contributed by atoms with Crippen LogP contribution >= 0.6 is 0 Å². The van der Waals surface area contributed by atoms with Crippen LogP contribution in [0.15, 0.2) is 17.4 Å². The Labute approximate surface area is 127 Å². The molecule has 2 heterocycles. The molecule has 0 saturated carbocycles. The van der Waals surface area contributed by atoms with Gasteiger partial charge in [-0.15, -0.1) is 0 Å². The Morgan fingerprint density at radius 2 is 2.05 bits per heavy atom. The summed E-state index contributed by atoms with van der Waals surface area (Å²) in [6.45, 7) is 8.96. The molecule has 1 aromatic heterocycles. The van der Waals surface area contributed by atoms with Gasteiger partial charge in [0.2, 0.25) is 11.8 Å². The summed E-state index contributed by atoms with van der Waals surface area (Å²) in [4.78, 5) is 40.6. The molecule has 0 aliphatic carbocycles. The van der Waals surface area contributed by atoms with E-state index in [0.717, 1.165) is 5.57 Å². The van der Waals surface area contributed by atoms with Gasteiger partial charge in [0.15, 0.2) is 0 Å². The number of hydrogen-bond acceptors (Lipinski definition) is 4. The summed E-state index contributed by atoms with van der Waals surface area (Å²) in [6.07, 6.45) is 3.77. The number of nitrogens with zero attached hydrogens (tertiary/aromatic N) is 2. The number of nitrogens with one attached hydrogen (secondary N) is 1. The number of carbonyl (C=O) groups excluding carboxylic acids is 2. The normalized spacial score (nSPS) is 19.0. The van der Waals surface area contributed by atoms with Gasteiger partial charge in [-0.05, 0) is 33.3 Å². The van der Waals surface area contributed by atoms with Crippen LogP contribution in [0.3, 0.4) is 0 Å². The maximum Gasteiger partial charge on any atom is 0.262 e. The fourth-order valence-electron chi connectivity index (χ4n) is 2.66. The molecule has 1 atom stereocenters. The van der Waals surface area contributed by atoms with E-state index < -0.39 is 11.9 Å². The Kier molecular flexibility index (Phi) is 4.40. The van der Waals surface area contributed by atoms with E-state index in [4.69, 9.17) is 0 Å². The minimum Gasteiger partial charge on any atom is -0.295 e. The highest BCUT2D eigenvalue weighted by atomic mass is 16.2. The maximum atomic E-state index is 12.8. The second-order valence-corrected chi connectivity index (χ2v) is 5.46. The topological polar surface area (TPSA) is 81.1 Å². The van der Waals surface area contributed by atoms with E-state index in [1.54, 1.807) is 19.1 Å². The standard InChI is InChI=1S/C16H19N3O3/c1-5-6-11-14(9(2)3)16(22)19(10(4)17-11)12-7-8-13(20)18-15(12)21/h5-6,12H,1,7-8H2,2-4H3,(H,18,20,21)/b11-6+. The van der Waals surface area contributed by atoms with E-state index in [2.05, 4.69) is 16.9 Å². The van der Waals surface area contributed by atoms with E-state index in [0.29, 0.717) is 22.8 Å². The van der Waals surface area contributed by atoms with Crippen LogP contribution in [-0.4, -0.2) is 21.4 Å². The van der Waals surface area contributed by atoms with Crippen LogP contribution in [0.4, 0.5) is 0 Å². The second kappa shape index (κ2) is 6.09. The Hall–Kier alpha value is -2.50. The Morgan fingerprint density at radius 3 is 2.59 bits per heavy atom. The largest absolute Gasteiger partial charge is 0.295 e. The Bertz CT molecular complexity index is 829. The zero-order valence-electron chi connectivity index (χ0n) is 13.0. The van der Waals surface area contributed by atoms with Gasteiger partial charge in [0, 0.05) is 6.42 Å². The number of aromatic nitrogens is 2. The van der Waals surface area contributed by atoms with Crippen molar-refractivity contribution < 1.29 is 9.59 Å². The molecular formula is C16H19N3O3. The number of piperidine rings is 1. The summed E-state index contributed by atoms with van der Waals surface area (Å²) in [5.41, 5.74) is 0.543. The van der Waals surface area contributed by atoms with Gasteiger partial charge in [0.1, 0.15) is 11.9 Å². The summed E-state index contributed by atoms with van der Waals surface area (Å²) < 4.78 is 1.38. The molecule has 1 aliphatic rings. The van der Waals surface area contributed by atoms with E-state index in [1.165, 1.54) is 4.57 Å². The smallest absolute Gasteiger partial charge is 0.262 e. The van der Waals surface area contributed by atoms with Crippen LogP contribution in [0.5, 0.6) is 0 Å². The number of hydrogen-bond donors (Lipinski definition) is 1. The quantitative estimate of drug-likeness (QED) is 0.760. The van der Waals surface area contributed by atoms with Crippen molar-refractivity contribution in [1.29, 1.82) is 0 Å². The lowest BCUT2D eigenvalue weighted by molar-refractivity contribution is -0.135. The van der Waals surface area contributed by atoms with Gasteiger partial charge in [0.25, 0.3) is 5.56 Å². The van der Waals surface area contributed by atoms with Crippen LogP contribution in [0.1, 0.15) is 38.6 Å². The molecule has 1 unspecified atom stereocenters. The van der Waals surface area contributed by atoms with E-state index in [-0.39, 0.29) is 17.9 Å². The average Bonchev–Trinajstić information content (AvgIpc) is 2.40. The van der Waals surface area contributed by atoms with Gasteiger partial charge < -0.3 is 0 Å². The molecule has 1 N–H and O–H groups in total. The highest BCUT2D eigenvalue weighted by molar-refractivity contribution is 5.99. The molecule has 1 fully saturated rings. The highest BCUT2D eigenvalue weighted by Gasteiger charge is 2.30. The number of allylic oxidation sites excluding steroid dienone is 1. The third kappa shape index (κ3) is 2.77. The number of rotatable bonds is 2. The van der Waals surface area contributed by atoms with Crippen molar-refractivity contribution in [3.63, 3.8) is 0 Å². The number of carbonyl (C=O) groups is 2. The van der Waals surface area contributed by atoms with Gasteiger partial charge in [-0.25, -0.2) is 4.98 Å². The van der Waals surface area contributed by atoms with Gasteiger partial charge in [-0.3, -0.25) is 24.3 Å². The molecule has 1 saturated heterocycles. The Balaban J connectivity index is 2.78. The van der Waals surface area contributed by atoms with Crippen molar-refractivity contribution in [2.75, 3.05) is 0 Å². The van der Waals surface area contributed by atoms with Crippen LogP contribution in [-0.2, 0) is 9.59 Å². The molecule has 2 amide bonds. The van der Waals surface area contributed by atoms with Crippen molar-refractivity contribution in [2.24, 2.45) is 0 Å². The van der Waals surface area contributed by atoms with Gasteiger partial charge in [-0.1, -0.05) is 18.2 Å². The predicted octanol–water partition coefficient (Wildman–Crippen LogP) is -0.314. The summed E-state index contributed by atoms with van der Waals surface area (Å²) in [5.74, 6) is -0.323. The lowest BCUT2D eigenvalue weighted by Crippen LogP contribution is -2.53. The third-order valence-corrected chi connectivity index (χ3v) is 3.62. The lowest BCUT2D eigenvalue weighted by atomic mass is 10.1. The zero-order chi connectivity index (χ0) is 16.4. The number of imide groups is 1. The van der Waals surface area contributed by atoms with Crippen LogP contribution < -0.4 is 21.4 Å². The number of aryl methyl sites for hydroxylation is 1. The highest BCUT2D eigenvalue weighted by Crippen LogP contribution is 2.16. The first-order valence-corrected chi connectivity index (χ1v) is 7.10. The van der Waals surface area contributed by atoms with E-state index >= 15 is 0 Å². The molecule has 6 heteroatoms. The second-order valence-electron chi connectivity index (χ2n) is 5.46. The lowest BCUT2D eigenvalue weighted by Gasteiger charge is -2.24. The fourth-order valence-corrected chi connectivity index (χ4v) is 2.66. The average molecular weight is 301 g/mol. The third-order valence-electron chi connectivity index (χ3n) is 3.62. The van der Waals surface area contributed by atoms with Gasteiger partial charge >= 0.3 is 0 Å². The maximum absolute atomic E-state index is 12.8.